The lowest BCUT2D eigenvalue weighted by Crippen LogP contribution is -2.52. The second-order valence-electron chi connectivity index (χ2n) is 20.5. The van der Waals surface area contributed by atoms with Crippen LogP contribution in [0.4, 0.5) is 11.4 Å². The molecular formula is C51H66IN3O19S4. The Labute approximate surface area is 466 Å². The third-order valence-electron chi connectivity index (χ3n) is 13.6. The maximum Gasteiger partial charge on any atom is 0.333 e. The number of nitrogens with zero attached hydrogens (tertiary/aromatic N) is 3. The molecule has 430 valence electrons. The smallest absolute Gasteiger partial charge is 0.333 e. The van der Waals surface area contributed by atoms with Crippen molar-refractivity contribution in [2.75, 3.05) is 67.6 Å². The largest absolute Gasteiger partial charge is 0.435 e. The number of methoxy groups -OCH3 is 2. The molecule has 27 heteroatoms. The monoisotopic (exact) mass is 1280 g/mol. The normalized spacial score (nSPS) is 19.5. The topological polar surface area (TPSA) is 315 Å². The molecule has 78 heavy (non-hydrogen) atoms. The summed E-state index contributed by atoms with van der Waals surface area (Å²) in [5, 5.41) is 0.438. The molecule has 1 saturated heterocycles. The average Bonchev–Trinajstić information content (AvgIpc) is 3.81. The predicted molar refractivity (Wildman–Crippen MR) is 301 cm³/mol. The van der Waals surface area contributed by atoms with E-state index in [9.17, 15) is 66.3 Å². The number of allylic oxidation sites excluding steroid dienone is 8. The summed E-state index contributed by atoms with van der Waals surface area (Å²) in [5.74, 6) is -3.66. The lowest BCUT2D eigenvalue weighted by Gasteiger charge is -2.48. The molecule has 2 amide bonds. The number of hydrogen-bond acceptors (Lipinski definition) is 17. The number of anilines is 2. The van der Waals surface area contributed by atoms with Gasteiger partial charge in [0.15, 0.2) is 0 Å². The summed E-state index contributed by atoms with van der Waals surface area (Å²) in [6.07, 6.45) is 12.7. The third kappa shape index (κ3) is 15.8. The van der Waals surface area contributed by atoms with Crippen molar-refractivity contribution in [2.45, 2.75) is 101 Å². The van der Waals surface area contributed by atoms with Crippen LogP contribution < -0.4 is 12.9 Å². The van der Waals surface area contributed by atoms with E-state index in [0.717, 1.165) is 3.51 Å². The van der Waals surface area contributed by atoms with E-state index in [1.807, 2.05) is 37.8 Å². The van der Waals surface area contributed by atoms with Gasteiger partial charge in [-0.15, -0.1) is 5.06 Å². The summed E-state index contributed by atoms with van der Waals surface area (Å²) >= 11 is -1.14. The zero-order chi connectivity index (χ0) is 57.6. The molecule has 2 aromatic rings. The molecule has 0 aromatic heterocycles. The van der Waals surface area contributed by atoms with Crippen LogP contribution in [-0.4, -0.2) is 142 Å². The highest BCUT2D eigenvalue weighted by molar-refractivity contribution is 14.2. The number of halogens is 1. The molecule has 4 aliphatic rings. The molecule has 1 atom stereocenters. The second-order valence-corrected chi connectivity index (χ2v) is 28.5. The Morgan fingerprint density at radius 2 is 1.41 bits per heavy atom. The Morgan fingerprint density at radius 3 is 1.99 bits per heavy atom. The predicted octanol–water partition coefficient (Wildman–Crippen LogP) is 6.82. The zero-order valence-corrected chi connectivity index (χ0v) is 49.4. The Hall–Kier alpha value is -4.69. The Bertz CT molecular complexity index is 3300. The maximum absolute atomic E-state index is 13.0. The first-order valence-electron chi connectivity index (χ1n) is 24.7. The van der Waals surface area contributed by atoms with Crippen molar-refractivity contribution >= 4 is 105 Å². The summed E-state index contributed by atoms with van der Waals surface area (Å²) in [4.78, 5) is 45.6. The van der Waals surface area contributed by atoms with Gasteiger partial charge in [0.1, 0.15) is 32.6 Å². The van der Waals surface area contributed by atoms with Crippen LogP contribution in [0.15, 0.2) is 83.5 Å². The maximum atomic E-state index is 13.0. The third-order valence-corrected chi connectivity index (χ3v) is 19.9. The summed E-state index contributed by atoms with van der Waals surface area (Å²) in [6.45, 7) is 8.40. The van der Waals surface area contributed by atoms with Crippen molar-refractivity contribution in [3.63, 3.8) is 0 Å². The van der Waals surface area contributed by atoms with E-state index in [0.29, 0.717) is 63.0 Å². The second kappa shape index (κ2) is 25.0. The van der Waals surface area contributed by atoms with Crippen molar-refractivity contribution < 1.29 is 83.6 Å². The van der Waals surface area contributed by atoms with E-state index < -0.39 is 113 Å². The number of fused-ring (bicyclic) bond motifs is 3. The number of benzene rings is 2. The lowest BCUT2D eigenvalue weighted by atomic mass is 9.77. The van der Waals surface area contributed by atoms with E-state index in [1.54, 1.807) is 54.3 Å². The number of imide groups is 1. The fourth-order valence-electron chi connectivity index (χ4n) is 9.87. The van der Waals surface area contributed by atoms with Gasteiger partial charge >= 0.3 is 5.97 Å². The van der Waals surface area contributed by atoms with Gasteiger partial charge < -0.3 is 27.2 Å². The SMILES string of the molecule is COCCC1(CCOC)C=C(CS(=O)(=O)O)c2cc3c(cc2N1CCCS(=O)(=O)O)OI=C(C(C)(C)C)C=C3/C=C/C=C/C=C1\N(CCCS(=O)(=O)O)c2ccc(S(=O)(=O)O)cc2C1(C)CCCC(=O)ON1C(=O)CCC1=O. The van der Waals surface area contributed by atoms with Crippen molar-refractivity contribution in [3.8, 4) is 5.75 Å². The quantitative estimate of drug-likeness (QED) is 0.0343. The number of hydroxylamine groups is 2. The Balaban J connectivity index is 1.46. The van der Waals surface area contributed by atoms with Crippen molar-refractivity contribution in [2.24, 2.45) is 5.41 Å². The number of hydrogen-bond donors (Lipinski definition) is 4. The molecule has 6 rings (SSSR count). The van der Waals surface area contributed by atoms with E-state index in [2.05, 4.69) is 0 Å². The molecule has 4 N–H and O–H groups in total. The number of carbonyl (C=O) groups excluding carboxylic acids is 3. The molecule has 4 aliphatic heterocycles. The molecule has 4 heterocycles. The van der Waals surface area contributed by atoms with E-state index in [-0.39, 0.29) is 82.2 Å². The molecule has 0 saturated carbocycles. The van der Waals surface area contributed by atoms with Crippen molar-refractivity contribution in [1.29, 1.82) is 0 Å². The van der Waals surface area contributed by atoms with Gasteiger partial charge in [0.25, 0.3) is 52.3 Å². The van der Waals surface area contributed by atoms with Crippen LogP contribution in [0.2, 0.25) is 0 Å². The first kappa shape index (κ1) is 62.5. The van der Waals surface area contributed by atoms with Crippen LogP contribution >= 0.6 is 21.1 Å². The minimum Gasteiger partial charge on any atom is -0.435 e. The van der Waals surface area contributed by atoms with Gasteiger partial charge in [0.05, 0.1) is 21.9 Å². The van der Waals surface area contributed by atoms with Crippen LogP contribution in [0, 0.1) is 5.41 Å². The van der Waals surface area contributed by atoms with Crippen molar-refractivity contribution in [3.05, 3.63) is 95.3 Å². The van der Waals surface area contributed by atoms with Crippen LogP contribution in [0.1, 0.15) is 102 Å². The molecule has 1 fully saturated rings. The first-order valence-corrected chi connectivity index (χ1v) is 33.0. The highest BCUT2D eigenvalue weighted by Crippen LogP contribution is 2.52. The number of amides is 2. The summed E-state index contributed by atoms with van der Waals surface area (Å²) < 4.78 is 157. The number of ether oxygens (including phenoxy) is 2. The zero-order valence-electron chi connectivity index (χ0n) is 44.0. The summed E-state index contributed by atoms with van der Waals surface area (Å²) in [5.41, 5.74) is 1.24. The van der Waals surface area contributed by atoms with E-state index in [1.165, 1.54) is 32.4 Å². The minimum absolute atomic E-state index is 0.0102. The van der Waals surface area contributed by atoms with Crippen molar-refractivity contribution in [1.82, 2.24) is 5.06 Å². The van der Waals surface area contributed by atoms with Gasteiger partial charge in [-0.3, -0.25) is 27.8 Å². The highest BCUT2D eigenvalue weighted by Gasteiger charge is 2.45. The van der Waals surface area contributed by atoms with Gasteiger partial charge in [0.2, 0.25) is 0 Å². The van der Waals surface area contributed by atoms with Gasteiger partial charge in [-0.2, -0.15) is 33.7 Å². The molecule has 0 radical (unpaired) electrons. The van der Waals surface area contributed by atoms with Gasteiger partial charge in [-0.05, 0) is 104 Å². The molecule has 0 spiro atoms. The standard InChI is InChI=1S/C51H66IN3O19S4/c1-49(2,3)44-29-35(39-31-38-36(34-77(65,66)67)33-51(21-25-71-5,22-26-72-6)54(24-12-28-76(62,63)64)42(38)32-43(39)73-52-44)13-8-7-9-14-45-50(4,20-10-15-48(58)74-55-46(56)18-19-47(55)57)40-30-37(78(68,69)70)16-17-41(40)53(45)23-11-27-75(59,60)61/h7-9,13-14,16-17,29-33H,10-12,15,18-28,34H2,1-6H3,(H,59,60,61)(H,62,63,64)(H,65,66,67)(H,68,69,70)/b9-7+,13-8+,45-14-. The fourth-order valence-corrected chi connectivity index (χ4v) is 14.0. The number of rotatable bonds is 25. The lowest BCUT2D eigenvalue weighted by molar-refractivity contribution is -0.197. The fraction of sp³-hybridized carbons (Fsp3) is 0.490. The van der Waals surface area contributed by atoms with Crippen LogP contribution in [0.5, 0.6) is 5.75 Å². The Morgan fingerprint density at radius 1 is 0.782 bits per heavy atom. The van der Waals surface area contributed by atoms with E-state index in [4.69, 9.17) is 17.4 Å². The van der Waals surface area contributed by atoms with Crippen LogP contribution in [0.3, 0.4) is 0 Å². The minimum atomic E-state index is -4.73. The molecule has 2 aromatic carbocycles. The molecule has 0 bridgehead atoms. The van der Waals surface area contributed by atoms with Gasteiger partial charge in [0, 0.05) is 103 Å². The highest BCUT2D eigenvalue weighted by atomic mass is 127. The van der Waals surface area contributed by atoms with Gasteiger partial charge in [-0.25, -0.2) is 4.79 Å². The summed E-state index contributed by atoms with van der Waals surface area (Å²) in [6, 6.07) is 7.51. The number of carbonyl (C=O) groups is 3. The summed E-state index contributed by atoms with van der Waals surface area (Å²) in [7, 11) is -15.1. The first-order chi connectivity index (χ1) is 36.3. The molecule has 1 unspecified atom stereocenters. The van der Waals surface area contributed by atoms with E-state index >= 15 is 0 Å². The molecule has 0 aliphatic carbocycles. The van der Waals surface area contributed by atoms with Crippen LogP contribution in [0.25, 0.3) is 11.1 Å². The Kier molecular flexibility index (Phi) is 20.0. The van der Waals surface area contributed by atoms with Gasteiger partial charge in [-0.1, -0.05) is 51.2 Å². The molecule has 22 nitrogen and oxygen atoms in total. The van der Waals surface area contributed by atoms with Crippen LogP contribution in [-0.2, 0) is 74.6 Å². The average molecular weight is 1280 g/mol. The molecular weight excluding hydrogens is 1210 g/mol.